The summed E-state index contributed by atoms with van der Waals surface area (Å²) in [6, 6.07) is 21.5. The standard InChI is InChI=1S/C23H22N2O2/c1-3-25(22-14-11-19-6-4-5-7-20(19)16-22)23(27)15-10-18-8-12-21(13-9-18)24-17(2)26/h4-16H,3H2,1-2H3,(H,24,26)/b15-10+. The van der Waals surface area contributed by atoms with E-state index in [-0.39, 0.29) is 11.8 Å². The number of amides is 2. The number of carbonyl (C=O) groups is 2. The van der Waals surface area contributed by atoms with Crippen LogP contribution >= 0.6 is 0 Å². The quantitative estimate of drug-likeness (QED) is 0.662. The fraction of sp³-hybridized carbons (Fsp3) is 0.130. The summed E-state index contributed by atoms with van der Waals surface area (Å²) in [6.45, 7) is 4.02. The molecular formula is C23H22N2O2. The van der Waals surface area contributed by atoms with Crippen LogP contribution in [0, 0.1) is 0 Å². The van der Waals surface area contributed by atoms with Crippen LogP contribution in [0.3, 0.4) is 0 Å². The van der Waals surface area contributed by atoms with Crippen LogP contribution in [-0.2, 0) is 9.59 Å². The smallest absolute Gasteiger partial charge is 0.250 e. The van der Waals surface area contributed by atoms with Crippen molar-refractivity contribution in [3.05, 3.63) is 78.4 Å². The summed E-state index contributed by atoms with van der Waals surface area (Å²) >= 11 is 0. The number of carbonyl (C=O) groups excluding carboxylic acids is 2. The second-order valence-electron chi connectivity index (χ2n) is 6.25. The van der Waals surface area contributed by atoms with Crippen molar-refractivity contribution in [2.24, 2.45) is 0 Å². The summed E-state index contributed by atoms with van der Waals surface area (Å²) in [4.78, 5) is 25.5. The Kier molecular flexibility index (Phi) is 5.67. The predicted molar refractivity (Wildman–Crippen MR) is 112 cm³/mol. The fourth-order valence-electron chi connectivity index (χ4n) is 2.95. The van der Waals surface area contributed by atoms with E-state index in [2.05, 4.69) is 11.4 Å². The first-order valence-corrected chi connectivity index (χ1v) is 8.93. The second kappa shape index (κ2) is 8.32. The van der Waals surface area contributed by atoms with Crippen molar-refractivity contribution in [1.29, 1.82) is 0 Å². The van der Waals surface area contributed by atoms with Gasteiger partial charge >= 0.3 is 0 Å². The molecule has 136 valence electrons. The van der Waals surface area contributed by atoms with Gasteiger partial charge in [0.15, 0.2) is 0 Å². The minimum Gasteiger partial charge on any atom is -0.326 e. The number of hydrogen-bond donors (Lipinski definition) is 1. The molecule has 4 heteroatoms. The summed E-state index contributed by atoms with van der Waals surface area (Å²) < 4.78 is 0. The van der Waals surface area contributed by atoms with Crippen molar-refractivity contribution in [3.63, 3.8) is 0 Å². The van der Waals surface area contributed by atoms with E-state index < -0.39 is 0 Å². The first kappa shape index (κ1) is 18.4. The molecule has 0 spiro atoms. The molecule has 0 saturated heterocycles. The van der Waals surface area contributed by atoms with Crippen molar-refractivity contribution in [2.45, 2.75) is 13.8 Å². The van der Waals surface area contributed by atoms with E-state index in [1.54, 1.807) is 17.1 Å². The molecule has 0 radical (unpaired) electrons. The number of likely N-dealkylation sites (N-methyl/N-ethyl adjacent to an activating group) is 1. The Balaban J connectivity index is 1.75. The molecule has 0 heterocycles. The molecule has 1 N–H and O–H groups in total. The van der Waals surface area contributed by atoms with Gasteiger partial charge in [0, 0.05) is 30.9 Å². The molecule has 0 fully saturated rings. The topological polar surface area (TPSA) is 49.4 Å². The normalized spacial score (nSPS) is 10.9. The maximum atomic E-state index is 12.7. The number of nitrogens with one attached hydrogen (secondary N) is 1. The predicted octanol–water partition coefficient (Wildman–Crippen LogP) is 4.86. The Morgan fingerprint density at radius 3 is 2.33 bits per heavy atom. The Morgan fingerprint density at radius 1 is 0.963 bits per heavy atom. The molecule has 0 unspecified atom stereocenters. The summed E-state index contributed by atoms with van der Waals surface area (Å²) in [6.07, 6.45) is 3.36. The Hall–Kier alpha value is -3.40. The van der Waals surface area contributed by atoms with Gasteiger partial charge in [-0.25, -0.2) is 0 Å². The minimum absolute atomic E-state index is 0.0706. The molecule has 2 amide bonds. The van der Waals surface area contributed by atoms with Gasteiger partial charge in [0.1, 0.15) is 0 Å². The zero-order valence-electron chi connectivity index (χ0n) is 15.5. The third kappa shape index (κ3) is 4.61. The summed E-state index contributed by atoms with van der Waals surface area (Å²) in [5.74, 6) is -0.179. The first-order chi connectivity index (χ1) is 13.1. The molecule has 0 aliphatic carbocycles. The van der Waals surface area contributed by atoms with E-state index in [1.807, 2.05) is 67.6 Å². The van der Waals surface area contributed by atoms with E-state index >= 15 is 0 Å². The molecular weight excluding hydrogens is 336 g/mol. The summed E-state index contributed by atoms with van der Waals surface area (Å²) in [5, 5.41) is 4.98. The zero-order valence-corrected chi connectivity index (χ0v) is 15.5. The van der Waals surface area contributed by atoms with Crippen molar-refractivity contribution < 1.29 is 9.59 Å². The SMILES string of the molecule is CCN(C(=O)/C=C/c1ccc(NC(C)=O)cc1)c1ccc2ccccc2c1. The molecule has 3 aromatic rings. The van der Waals surface area contributed by atoms with Crippen LogP contribution in [0.15, 0.2) is 72.8 Å². The number of anilines is 2. The number of rotatable bonds is 5. The molecule has 0 aliphatic heterocycles. The van der Waals surface area contributed by atoms with Crippen LogP contribution < -0.4 is 10.2 Å². The maximum Gasteiger partial charge on any atom is 0.250 e. The van der Waals surface area contributed by atoms with Crippen molar-refractivity contribution >= 4 is 40.0 Å². The molecule has 0 aromatic heterocycles. The Labute approximate surface area is 159 Å². The van der Waals surface area contributed by atoms with Gasteiger partial charge in [0.25, 0.3) is 5.91 Å². The molecule has 3 rings (SSSR count). The number of fused-ring (bicyclic) bond motifs is 1. The third-order valence-electron chi connectivity index (χ3n) is 4.28. The van der Waals surface area contributed by atoms with Gasteiger partial charge < -0.3 is 10.2 Å². The van der Waals surface area contributed by atoms with Gasteiger partial charge in [-0.3, -0.25) is 9.59 Å². The molecule has 4 nitrogen and oxygen atoms in total. The van der Waals surface area contributed by atoms with Gasteiger partial charge in [0.2, 0.25) is 5.91 Å². The highest BCUT2D eigenvalue weighted by atomic mass is 16.2. The molecule has 3 aromatic carbocycles. The van der Waals surface area contributed by atoms with Crippen LogP contribution in [0.4, 0.5) is 11.4 Å². The number of nitrogens with zero attached hydrogens (tertiary/aromatic N) is 1. The number of hydrogen-bond acceptors (Lipinski definition) is 2. The summed E-state index contributed by atoms with van der Waals surface area (Å²) in [7, 11) is 0. The van der Waals surface area contributed by atoms with E-state index in [0.717, 1.165) is 27.7 Å². The lowest BCUT2D eigenvalue weighted by atomic mass is 10.1. The van der Waals surface area contributed by atoms with E-state index in [4.69, 9.17) is 0 Å². The highest BCUT2D eigenvalue weighted by Crippen LogP contribution is 2.22. The first-order valence-electron chi connectivity index (χ1n) is 8.93. The van der Waals surface area contributed by atoms with Gasteiger partial charge in [-0.05, 0) is 53.6 Å². The molecule has 0 aliphatic rings. The molecule has 0 saturated carbocycles. The Bertz CT molecular complexity index is 991. The fourth-order valence-corrected chi connectivity index (χ4v) is 2.95. The van der Waals surface area contributed by atoms with Gasteiger partial charge in [-0.1, -0.05) is 42.5 Å². The lowest BCUT2D eigenvalue weighted by Gasteiger charge is -2.20. The van der Waals surface area contributed by atoms with Crippen LogP contribution in [0.1, 0.15) is 19.4 Å². The van der Waals surface area contributed by atoms with Crippen LogP contribution in [0.5, 0.6) is 0 Å². The average Bonchev–Trinajstić information content (AvgIpc) is 2.67. The third-order valence-corrected chi connectivity index (χ3v) is 4.28. The van der Waals surface area contributed by atoms with Crippen LogP contribution in [0.25, 0.3) is 16.8 Å². The second-order valence-corrected chi connectivity index (χ2v) is 6.25. The van der Waals surface area contributed by atoms with E-state index in [1.165, 1.54) is 6.92 Å². The van der Waals surface area contributed by atoms with Crippen LogP contribution in [-0.4, -0.2) is 18.4 Å². The highest BCUT2D eigenvalue weighted by molar-refractivity contribution is 6.05. The summed E-state index contributed by atoms with van der Waals surface area (Å²) in [5.41, 5.74) is 2.51. The molecule has 0 bridgehead atoms. The maximum absolute atomic E-state index is 12.7. The lowest BCUT2D eigenvalue weighted by molar-refractivity contribution is -0.115. The Morgan fingerprint density at radius 2 is 1.67 bits per heavy atom. The van der Waals surface area contributed by atoms with Gasteiger partial charge in [0.05, 0.1) is 0 Å². The molecule has 0 atom stereocenters. The van der Waals surface area contributed by atoms with Crippen molar-refractivity contribution in [2.75, 3.05) is 16.8 Å². The zero-order chi connectivity index (χ0) is 19.2. The monoisotopic (exact) mass is 358 g/mol. The average molecular weight is 358 g/mol. The lowest BCUT2D eigenvalue weighted by Crippen LogP contribution is -2.28. The number of benzene rings is 3. The molecule has 27 heavy (non-hydrogen) atoms. The van der Waals surface area contributed by atoms with Gasteiger partial charge in [-0.2, -0.15) is 0 Å². The highest BCUT2D eigenvalue weighted by Gasteiger charge is 2.11. The van der Waals surface area contributed by atoms with Crippen LogP contribution in [0.2, 0.25) is 0 Å². The van der Waals surface area contributed by atoms with E-state index in [9.17, 15) is 9.59 Å². The minimum atomic E-state index is -0.109. The van der Waals surface area contributed by atoms with Gasteiger partial charge in [-0.15, -0.1) is 0 Å². The van der Waals surface area contributed by atoms with Crippen molar-refractivity contribution in [3.8, 4) is 0 Å². The van der Waals surface area contributed by atoms with Crippen molar-refractivity contribution in [1.82, 2.24) is 0 Å². The van der Waals surface area contributed by atoms with E-state index in [0.29, 0.717) is 6.54 Å². The largest absolute Gasteiger partial charge is 0.326 e.